The van der Waals surface area contributed by atoms with Crippen LogP contribution in [-0.4, -0.2) is 53.8 Å². The number of carbonyl (C=O) groups is 3. The average molecular weight is 435 g/mol. The van der Waals surface area contributed by atoms with Crippen molar-refractivity contribution in [2.75, 3.05) is 30.4 Å². The second kappa shape index (κ2) is 9.42. The molecule has 0 bridgehead atoms. The first-order valence-electron chi connectivity index (χ1n) is 11.2. The first-order chi connectivity index (χ1) is 15.4. The van der Waals surface area contributed by atoms with Gasteiger partial charge in [-0.25, -0.2) is 4.79 Å². The lowest BCUT2D eigenvalue weighted by atomic mass is 10.0. The van der Waals surface area contributed by atoms with Crippen molar-refractivity contribution >= 4 is 29.2 Å². The molecule has 2 aromatic carbocycles. The summed E-state index contributed by atoms with van der Waals surface area (Å²) < 4.78 is 0. The maximum absolute atomic E-state index is 12.9. The van der Waals surface area contributed by atoms with Crippen LogP contribution in [0.15, 0.2) is 48.5 Å². The highest BCUT2D eigenvalue weighted by molar-refractivity contribution is 6.01. The number of benzene rings is 2. The summed E-state index contributed by atoms with van der Waals surface area (Å²) in [5.74, 6) is -0.245. The van der Waals surface area contributed by atoms with Crippen LogP contribution in [0.1, 0.15) is 36.8 Å². The number of anilines is 2. The topological polar surface area (TPSA) is 73.0 Å². The van der Waals surface area contributed by atoms with Crippen LogP contribution in [0.2, 0.25) is 0 Å². The molecule has 0 spiro atoms. The van der Waals surface area contributed by atoms with Crippen LogP contribution < -0.4 is 10.2 Å². The van der Waals surface area contributed by atoms with Gasteiger partial charge in [0.15, 0.2) is 0 Å². The van der Waals surface area contributed by atoms with Crippen LogP contribution in [0.4, 0.5) is 16.2 Å². The van der Waals surface area contributed by atoms with Crippen molar-refractivity contribution in [3.05, 3.63) is 59.7 Å². The summed E-state index contributed by atoms with van der Waals surface area (Å²) in [6, 6.07) is 16.0. The zero-order valence-corrected chi connectivity index (χ0v) is 18.7. The highest BCUT2D eigenvalue weighted by Gasteiger charge is 2.29. The summed E-state index contributed by atoms with van der Waals surface area (Å²) in [4.78, 5) is 41.9. The van der Waals surface area contributed by atoms with Crippen LogP contribution in [0.25, 0.3) is 0 Å². The van der Waals surface area contributed by atoms with Crippen LogP contribution in [0.5, 0.6) is 0 Å². The van der Waals surface area contributed by atoms with E-state index in [1.165, 1.54) is 10.5 Å². The normalized spacial score (nSPS) is 18.8. The molecule has 2 heterocycles. The Morgan fingerprint density at radius 2 is 1.69 bits per heavy atom. The standard InChI is InChI=1S/C25H30N4O3/c1-18-5-11-21(12-6-18)27(2)22-4-3-15-28(17-22)25(32)26-20-9-7-19(8-10-20)16-29-23(30)13-14-24(29)31/h5-12,22H,3-4,13-17H2,1-2H3,(H,26,32). The molecule has 1 N–H and O–H groups in total. The molecule has 0 saturated carbocycles. The number of hydrogen-bond acceptors (Lipinski definition) is 4. The Labute approximate surface area is 189 Å². The van der Waals surface area contributed by atoms with E-state index < -0.39 is 0 Å². The van der Waals surface area contributed by atoms with Crippen molar-refractivity contribution in [1.29, 1.82) is 0 Å². The van der Waals surface area contributed by atoms with Crippen molar-refractivity contribution in [1.82, 2.24) is 9.80 Å². The van der Waals surface area contributed by atoms with Crippen molar-refractivity contribution in [2.24, 2.45) is 0 Å². The summed E-state index contributed by atoms with van der Waals surface area (Å²) in [6.45, 7) is 3.77. The third-order valence-electron chi connectivity index (χ3n) is 6.37. The van der Waals surface area contributed by atoms with E-state index in [2.05, 4.69) is 48.5 Å². The Hall–Kier alpha value is -3.35. The summed E-state index contributed by atoms with van der Waals surface area (Å²) in [5, 5.41) is 2.98. The number of imide groups is 1. The largest absolute Gasteiger partial charge is 0.370 e. The number of hydrogen-bond donors (Lipinski definition) is 1. The molecule has 2 aliphatic rings. The van der Waals surface area contributed by atoms with E-state index in [0.29, 0.717) is 25.1 Å². The van der Waals surface area contributed by atoms with E-state index in [1.807, 2.05) is 29.2 Å². The molecule has 7 heteroatoms. The van der Waals surface area contributed by atoms with Gasteiger partial charge in [0.1, 0.15) is 0 Å². The predicted molar refractivity (Wildman–Crippen MR) is 124 cm³/mol. The molecule has 0 radical (unpaired) electrons. The van der Waals surface area contributed by atoms with E-state index >= 15 is 0 Å². The van der Waals surface area contributed by atoms with Crippen LogP contribution >= 0.6 is 0 Å². The SMILES string of the molecule is Cc1ccc(N(C)C2CCCN(C(=O)Nc3ccc(CN4C(=O)CCC4=O)cc3)C2)cc1. The molecule has 2 fully saturated rings. The minimum Gasteiger partial charge on any atom is -0.370 e. The minimum atomic E-state index is -0.123. The van der Waals surface area contributed by atoms with Gasteiger partial charge in [-0.15, -0.1) is 0 Å². The van der Waals surface area contributed by atoms with Crippen molar-refractivity contribution in [2.45, 2.75) is 45.2 Å². The number of nitrogens with zero attached hydrogens (tertiary/aromatic N) is 3. The molecular weight excluding hydrogens is 404 g/mol. The molecule has 0 aromatic heterocycles. The first-order valence-corrected chi connectivity index (χ1v) is 11.2. The molecule has 168 valence electrons. The first kappa shape index (κ1) is 21.9. The van der Waals surface area contributed by atoms with Crippen LogP contribution in [0, 0.1) is 6.92 Å². The van der Waals surface area contributed by atoms with Crippen LogP contribution in [-0.2, 0) is 16.1 Å². The predicted octanol–water partition coefficient (Wildman–Crippen LogP) is 3.78. The lowest BCUT2D eigenvalue weighted by Gasteiger charge is -2.38. The van der Waals surface area contributed by atoms with E-state index in [1.54, 1.807) is 0 Å². The van der Waals surface area contributed by atoms with Crippen molar-refractivity contribution in [3.63, 3.8) is 0 Å². The van der Waals surface area contributed by atoms with E-state index in [9.17, 15) is 14.4 Å². The van der Waals surface area contributed by atoms with Gasteiger partial charge >= 0.3 is 6.03 Å². The summed E-state index contributed by atoms with van der Waals surface area (Å²) in [6.07, 6.45) is 2.60. The molecule has 4 rings (SSSR count). The molecule has 32 heavy (non-hydrogen) atoms. The molecule has 2 aromatic rings. The Bertz CT molecular complexity index is 971. The van der Waals surface area contributed by atoms with Crippen LogP contribution in [0.3, 0.4) is 0 Å². The van der Waals surface area contributed by atoms with Gasteiger partial charge in [-0.1, -0.05) is 29.8 Å². The molecule has 1 atom stereocenters. The summed E-state index contributed by atoms with van der Waals surface area (Å²) in [7, 11) is 2.09. The average Bonchev–Trinajstić information content (AvgIpc) is 3.12. The van der Waals surface area contributed by atoms with Crippen molar-refractivity contribution in [3.8, 4) is 0 Å². The molecule has 2 saturated heterocycles. The number of likely N-dealkylation sites (N-methyl/N-ethyl adjacent to an activating group) is 1. The summed E-state index contributed by atoms with van der Waals surface area (Å²) in [5.41, 5.74) is 3.96. The Morgan fingerprint density at radius 1 is 1.03 bits per heavy atom. The number of likely N-dealkylation sites (tertiary alicyclic amines) is 2. The Balaban J connectivity index is 1.33. The third-order valence-corrected chi connectivity index (χ3v) is 6.37. The van der Waals surface area contributed by atoms with E-state index in [4.69, 9.17) is 0 Å². The van der Waals surface area contributed by atoms with Gasteiger partial charge in [-0.05, 0) is 49.6 Å². The van der Waals surface area contributed by atoms with Gasteiger partial charge in [0, 0.05) is 50.4 Å². The smallest absolute Gasteiger partial charge is 0.321 e. The van der Waals surface area contributed by atoms with E-state index in [0.717, 1.165) is 30.6 Å². The quantitative estimate of drug-likeness (QED) is 0.727. The number of rotatable bonds is 5. The van der Waals surface area contributed by atoms with Gasteiger partial charge in [-0.3, -0.25) is 14.5 Å². The molecule has 4 amide bonds. The van der Waals surface area contributed by atoms with Crippen molar-refractivity contribution < 1.29 is 14.4 Å². The lowest BCUT2D eigenvalue weighted by molar-refractivity contribution is -0.139. The van der Waals surface area contributed by atoms with Gasteiger partial charge in [0.2, 0.25) is 11.8 Å². The maximum Gasteiger partial charge on any atom is 0.321 e. The molecule has 1 unspecified atom stereocenters. The number of nitrogens with one attached hydrogen (secondary N) is 1. The zero-order chi connectivity index (χ0) is 22.7. The second-order valence-corrected chi connectivity index (χ2v) is 8.69. The fourth-order valence-electron chi connectivity index (χ4n) is 4.32. The number of carbonyl (C=O) groups excluding carboxylic acids is 3. The highest BCUT2D eigenvalue weighted by Crippen LogP contribution is 2.23. The Kier molecular flexibility index (Phi) is 6.44. The second-order valence-electron chi connectivity index (χ2n) is 8.69. The number of urea groups is 1. The minimum absolute atomic E-state index is 0.107. The van der Waals surface area contributed by atoms with Gasteiger partial charge in [-0.2, -0.15) is 0 Å². The number of amides is 4. The molecule has 7 nitrogen and oxygen atoms in total. The van der Waals surface area contributed by atoms with Gasteiger partial charge in [0.25, 0.3) is 0 Å². The monoisotopic (exact) mass is 434 g/mol. The zero-order valence-electron chi connectivity index (χ0n) is 18.7. The van der Waals surface area contributed by atoms with E-state index in [-0.39, 0.29) is 30.4 Å². The molecule has 2 aliphatic heterocycles. The lowest BCUT2D eigenvalue weighted by Crippen LogP contribution is -2.50. The number of aryl methyl sites for hydroxylation is 1. The van der Waals surface area contributed by atoms with Gasteiger partial charge in [0.05, 0.1) is 6.54 Å². The highest BCUT2D eigenvalue weighted by atomic mass is 16.2. The molecular formula is C25H30N4O3. The van der Waals surface area contributed by atoms with Gasteiger partial charge < -0.3 is 15.1 Å². The molecule has 0 aliphatic carbocycles. The maximum atomic E-state index is 12.9. The summed E-state index contributed by atoms with van der Waals surface area (Å²) >= 11 is 0. The fraction of sp³-hybridized carbons (Fsp3) is 0.400. The third kappa shape index (κ3) is 4.93. The number of piperidine rings is 1. The fourth-order valence-corrected chi connectivity index (χ4v) is 4.32. The Morgan fingerprint density at radius 3 is 2.34 bits per heavy atom.